The van der Waals surface area contributed by atoms with Gasteiger partial charge >= 0.3 is 0 Å². The lowest BCUT2D eigenvalue weighted by atomic mass is 9.93. The average Bonchev–Trinajstić information content (AvgIpc) is 3.18. The molecule has 7 rings (SSSR count). The first kappa shape index (κ1) is 21.9. The molecule has 36 heavy (non-hydrogen) atoms. The molecule has 176 valence electrons. The number of hydrogen-bond donors (Lipinski definition) is 1. The summed E-state index contributed by atoms with van der Waals surface area (Å²) >= 11 is 13.2. The van der Waals surface area contributed by atoms with Crippen LogP contribution in [0, 0.1) is 0 Å². The third kappa shape index (κ3) is 3.69. The summed E-state index contributed by atoms with van der Waals surface area (Å²) in [7, 11) is 0. The standard InChI is InChI=1S/C32H24Cl2N2/c33-28-17-29(36(32(28)34)19-20-8-9-22-4-1-2-5-25(22)14-20)35-18-21-15-26-12-10-23-6-3-7-24-11-13-27(16-21)31(26)30(23)24/h1-16,29,35H,17-19H2/t29-/m1/s1. The molecule has 0 spiro atoms. The van der Waals surface area contributed by atoms with Crippen molar-refractivity contribution in [3.05, 3.63) is 118 Å². The van der Waals surface area contributed by atoms with Crippen LogP contribution in [-0.4, -0.2) is 11.1 Å². The summed E-state index contributed by atoms with van der Waals surface area (Å²) in [5, 5.41) is 15.4. The Balaban J connectivity index is 1.16. The van der Waals surface area contributed by atoms with Gasteiger partial charge < -0.3 is 4.90 Å². The van der Waals surface area contributed by atoms with Crippen LogP contribution in [-0.2, 0) is 13.1 Å². The monoisotopic (exact) mass is 506 g/mol. The third-order valence-electron chi connectivity index (χ3n) is 7.46. The lowest BCUT2D eigenvalue weighted by molar-refractivity contribution is 0.239. The summed E-state index contributed by atoms with van der Waals surface area (Å²) in [5.41, 5.74) is 2.47. The van der Waals surface area contributed by atoms with Crippen LogP contribution in [0.5, 0.6) is 0 Å². The lowest BCUT2D eigenvalue weighted by Gasteiger charge is -2.28. The summed E-state index contributed by atoms with van der Waals surface area (Å²) in [6.45, 7) is 1.45. The van der Waals surface area contributed by atoms with Gasteiger partial charge in [0.05, 0.1) is 11.2 Å². The number of hydrogen-bond acceptors (Lipinski definition) is 2. The van der Waals surface area contributed by atoms with Gasteiger partial charge in [0, 0.05) is 19.5 Å². The quantitative estimate of drug-likeness (QED) is 0.185. The fraction of sp³-hybridized carbons (Fsp3) is 0.125. The van der Waals surface area contributed by atoms with Gasteiger partial charge in [-0.15, -0.1) is 0 Å². The third-order valence-corrected chi connectivity index (χ3v) is 8.33. The molecule has 1 N–H and O–H groups in total. The largest absolute Gasteiger partial charge is 0.341 e. The van der Waals surface area contributed by atoms with Gasteiger partial charge in [0.15, 0.2) is 0 Å². The van der Waals surface area contributed by atoms with Gasteiger partial charge in [-0.05, 0) is 72.4 Å². The Hall–Kier alpha value is -3.30. The molecular formula is C32H24Cl2N2. The van der Waals surface area contributed by atoms with E-state index in [1.807, 2.05) is 0 Å². The van der Waals surface area contributed by atoms with Crippen LogP contribution in [0.1, 0.15) is 17.5 Å². The van der Waals surface area contributed by atoms with Gasteiger partial charge in [-0.1, -0.05) is 102 Å². The van der Waals surface area contributed by atoms with Crippen LogP contribution >= 0.6 is 23.2 Å². The molecule has 1 aliphatic rings. The maximum absolute atomic E-state index is 6.69. The fourth-order valence-electron chi connectivity index (χ4n) is 5.71. The number of rotatable bonds is 5. The second kappa shape index (κ2) is 8.67. The van der Waals surface area contributed by atoms with Crippen LogP contribution in [0.2, 0.25) is 0 Å². The number of halogens is 2. The smallest absolute Gasteiger partial charge is 0.121 e. The Labute approximate surface area is 220 Å². The normalized spacial score (nSPS) is 16.4. The topological polar surface area (TPSA) is 15.3 Å². The molecule has 0 radical (unpaired) electrons. The van der Waals surface area contributed by atoms with Gasteiger partial charge in [-0.3, -0.25) is 5.32 Å². The number of benzene rings is 6. The molecule has 1 aliphatic heterocycles. The molecule has 0 aliphatic carbocycles. The van der Waals surface area contributed by atoms with Crippen molar-refractivity contribution in [3.63, 3.8) is 0 Å². The summed E-state index contributed by atoms with van der Waals surface area (Å²) < 4.78 is 0. The Bertz CT molecular complexity index is 1720. The Kier molecular flexibility index (Phi) is 5.28. The molecule has 6 aromatic rings. The van der Waals surface area contributed by atoms with Crippen LogP contribution in [0.25, 0.3) is 43.1 Å². The van der Waals surface area contributed by atoms with E-state index in [4.69, 9.17) is 23.2 Å². The minimum absolute atomic E-state index is 0.0438. The van der Waals surface area contributed by atoms with Gasteiger partial charge in [0.2, 0.25) is 0 Å². The molecule has 4 heteroatoms. The van der Waals surface area contributed by atoms with Crippen molar-refractivity contribution >= 4 is 66.3 Å². The molecule has 0 amide bonds. The first-order valence-corrected chi connectivity index (χ1v) is 13.1. The van der Waals surface area contributed by atoms with E-state index in [9.17, 15) is 0 Å². The maximum Gasteiger partial charge on any atom is 0.121 e. The van der Waals surface area contributed by atoms with E-state index in [0.29, 0.717) is 23.2 Å². The van der Waals surface area contributed by atoms with Gasteiger partial charge in [-0.25, -0.2) is 0 Å². The Morgan fingerprint density at radius 1 is 0.639 bits per heavy atom. The van der Waals surface area contributed by atoms with Crippen molar-refractivity contribution in [1.29, 1.82) is 0 Å². The van der Waals surface area contributed by atoms with Crippen molar-refractivity contribution in [2.75, 3.05) is 0 Å². The van der Waals surface area contributed by atoms with E-state index < -0.39 is 0 Å². The summed E-state index contributed by atoms with van der Waals surface area (Å²) in [6, 6.07) is 35.1. The summed E-state index contributed by atoms with van der Waals surface area (Å²) in [5.74, 6) is 0. The average molecular weight is 507 g/mol. The molecule has 1 heterocycles. The zero-order valence-corrected chi connectivity index (χ0v) is 21.2. The van der Waals surface area contributed by atoms with E-state index in [1.54, 1.807) is 0 Å². The van der Waals surface area contributed by atoms with Crippen molar-refractivity contribution in [1.82, 2.24) is 10.2 Å². The number of nitrogens with one attached hydrogen (secondary N) is 1. The lowest BCUT2D eigenvalue weighted by Crippen LogP contribution is -2.40. The Morgan fingerprint density at radius 3 is 1.97 bits per heavy atom. The SMILES string of the molecule is ClC1=C(Cl)N(Cc2ccc3ccccc3c2)[C@@H](NCc2cc3ccc4cccc5ccc(c2)c3c45)C1. The second-order valence-electron chi connectivity index (χ2n) is 9.73. The minimum atomic E-state index is 0.0438. The zero-order valence-electron chi connectivity index (χ0n) is 19.6. The van der Waals surface area contributed by atoms with Crippen molar-refractivity contribution in [2.24, 2.45) is 0 Å². The first-order chi connectivity index (χ1) is 17.6. The summed E-state index contributed by atoms with van der Waals surface area (Å²) in [4.78, 5) is 2.18. The van der Waals surface area contributed by atoms with Crippen molar-refractivity contribution in [3.8, 4) is 0 Å². The minimum Gasteiger partial charge on any atom is -0.341 e. The number of nitrogens with zero attached hydrogens (tertiary/aromatic N) is 1. The summed E-state index contributed by atoms with van der Waals surface area (Å²) in [6.07, 6.45) is 0.741. The van der Waals surface area contributed by atoms with E-state index >= 15 is 0 Å². The van der Waals surface area contributed by atoms with E-state index in [2.05, 4.69) is 107 Å². The second-order valence-corrected chi connectivity index (χ2v) is 10.5. The van der Waals surface area contributed by atoms with Crippen LogP contribution in [0.4, 0.5) is 0 Å². The highest BCUT2D eigenvalue weighted by Gasteiger charge is 2.30. The predicted molar refractivity (Wildman–Crippen MR) is 154 cm³/mol. The molecule has 0 saturated carbocycles. The van der Waals surface area contributed by atoms with Gasteiger partial charge in [-0.2, -0.15) is 0 Å². The van der Waals surface area contributed by atoms with Crippen molar-refractivity contribution in [2.45, 2.75) is 25.7 Å². The highest BCUT2D eigenvalue weighted by Crippen LogP contribution is 2.36. The molecule has 0 unspecified atom stereocenters. The highest BCUT2D eigenvalue weighted by molar-refractivity contribution is 6.39. The zero-order chi connectivity index (χ0) is 24.2. The van der Waals surface area contributed by atoms with Crippen LogP contribution in [0.3, 0.4) is 0 Å². The first-order valence-electron chi connectivity index (χ1n) is 12.3. The van der Waals surface area contributed by atoms with Crippen LogP contribution in [0.15, 0.2) is 107 Å². The molecule has 0 saturated heterocycles. The highest BCUT2D eigenvalue weighted by atomic mass is 35.5. The van der Waals surface area contributed by atoms with Crippen LogP contribution < -0.4 is 5.32 Å². The molecule has 0 fully saturated rings. The number of fused-ring (bicyclic) bond motifs is 1. The predicted octanol–water partition coefficient (Wildman–Crippen LogP) is 8.71. The van der Waals surface area contributed by atoms with E-state index in [1.165, 1.54) is 54.2 Å². The Morgan fingerprint density at radius 2 is 1.22 bits per heavy atom. The van der Waals surface area contributed by atoms with Crippen molar-refractivity contribution < 1.29 is 0 Å². The van der Waals surface area contributed by atoms with E-state index in [-0.39, 0.29) is 6.17 Å². The van der Waals surface area contributed by atoms with E-state index in [0.717, 1.165) is 6.54 Å². The fourth-order valence-corrected chi connectivity index (χ4v) is 6.22. The van der Waals surface area contributed by atoms with Gasteiger partial charge in [0.1, 0.15) is 5.16 Å². The maximum atomic E-state index is 6.69. The molecule has 2 nitrogen and oxygen atoms in total. The molecular weight excluding hydrogens is 483 g/mol. The van der Waals surface area contributed by atoms with Gasteiger partial charge in [0.25, 0.3) is 0 Å². The molecule has 6 aromatic carbocycles. The molecule has 0 aromatic heterocycles. The molecule has 0 bridgehead atoms. The molecule has 1 atom stereocenters.